The maximum absolute atomic E-state index is 14.1. The van der Waals surface area contributed by atoms with Crippen molar-refractivity contribution in [2.75, 3.05) is 10.4 Å². The fourth-order valence-electron chi connectivity index (χ4n) is 7.41. The number of hydrogen-bond donors (Lipinski definition) is 1. The van der Waals surface area contributed by atoms with Crippen LogP contribution >= 0.6 is 61.7 Å². The van der Waals surface area contributed by atoms with E-state index >= 15 is 0 Å². The van der Waals surface area contributed by atoms with Crippen LogP contribution in [-0.4, -0.2) is 48.8 Å². The third-order valence-corrected chi connectivity index (χ3v) is 11.9. The van der Waals surface area contributed by atoms with Crippen LogP contribution in [0.2, 0.25) is 0 Å². The van der Waals surface area contributed by atoms with Gasteiger partial charge in [-0.25, -0.2) is 0 Å². The van der Waals surface area contributed by atoms with Gasteiger partial charge in [0, 0.05) is 21.5 Å². The Balaban J connectivity index is 1.36. The van der Waals surface area contributed by atoms with E-state index in [4.69, 9.17) is 27.9 Å². The molecule has 0 aromatic heterocycles. The van der Waals surface area contributed by atoms with Crippen LogP contribution in [0.4, 0.5) is 5.69 Å². The molecule has 0 unspecified atom stereocenters. The van der Waals surface area contributed by atoms with Gasteiger partial charge in [0.1, 0.15) is 11.5 Å². The molecule has 42 heavy (non-hydrogen) atoms. The van der Waals surface area contributed by atoms with Crippen molar-refractivity contribution in [2.24, 2.45) is 23.7 Å². The second-order valence-corrected chi connectivity index (χ2v) is 14.2. The smallest absolute Gasteiger partial charge is 0.254 e. The van der Waals surface area contributed by atoms with E-state index in [1.165, 1.54) is 17.2 Å². The first-order valence-corrected chi connectivity index (χ1v) is 16.3. The van der Waals surface area contributed by atoms with Gasteiger partial charge in [-0.2, -0.15) is 0 Å². The fourth-order valence-corrected chi connectivity index (χ4v) is 9.21. The first-order chi connectivity index (χ1) is 20.0. The Morgan fingerprint density at radius 3 is 2.48 bits per heavy atom. The van der Waals surface area contributed by atoms with Gasteiger partial charge in [-0.3, -0.25) is 29.0 Å². The minimum absolute atomic E-state index is 0.0514. The number of ether oxygens (including phenoxy) is 1. The largest absolute Gasteiger partial charge is 0.508 e. The summed E-state index contributed by atoms with van der Waals surface area (Å²) in [5.74, 6) is -4.28. The van der Waals surface area contributed by atoms with Gasteiger partial charge in [0.25, 0.3) is 11.8 Å². The maximum Gasteiger partial charge on any atom is 0.254 e. The van der Waals surface area contributed by atoms with E-state index in [0.29, 0.717) is 28.1 Å². The molecule has 0 radical (unpaired) electrons. The Bertz CT molecular complexity index is 1660. The van der Waals surface area contributed by atoms with Crippen molar-refractivity contribution < 1.29 is 29.0 Å². The SMILES string of the molecule is O=C1[C@H]2[C@H](CC=C3[C@H](C4=COc5ccc(O)cc5C4)[C@]4(Cl)C(=O)N(CBr)C(=O)[C@]4(Cl)C[C@H]32)C(=O)N1c1ccc(I)cc1. The molecule has 2 aromatic rings. The predicted molar refractivity (Wildman–Crippen MR) is 166 cm³/mol. The zero-order valence-electron chi connectivity index (χ0n) is 21.7. The van der Waals surface area contributed by atoms with Crippen LogP contribution in [-0.2, 0) is 25.6 Å². The van der Waals surface area contributed by atoms with Gasteiger partial charge >= 0.3 is 0 Å². The van der Waals surface area contributed by atoms with E-state index in [1.807, 2.05) is 18.2 Å². The van der Waals surface area contributed by atoms with Crippen molar-refractivity contribution in [3.8, 4) is 11.5 Å². The number of phenols is 1. The predicted octanol–water partition coefficient (Wildman–Crippen LogP) is 5.26. The van der Waals surface area contributed by atoms with Crippen LogP contribution in [0.1, 0.15) is 18.4 Å². The summed E-state index contributed by atoms with van der Waals surface area (Å²) in [4.78, 5) is 53.9. The summed E-state index contributed by atoms with van der Waals surface area (Å²) in [5.41, 5.74) is 2.35. The lowest BCUT2D eigenvalue weighted by Crippen LogP contribution is -2.61. The molecule has 8 nitrogen and oxygen atoms in total. The molecule has 3 aliphatic heterocycles. The minimum Gasteiger partial charge on any atom is -0.508 e. The molecule has 0 bridgehead atoms. The normalized spacial score (nSPS) is 33.4. The molecule has 2 aromatic carbocycles. The number of halogens is 4. The molecule has 0 spiro atoms. The van der Waals surface area contributed by atoms with Gasteiger partial charge in [0.15, 0.2) is 9.75 Å². The quantitative estimate of drug-likeness (QED) is 0.150. The minimum atomic E-state index is -1.90. The van der Waals surface area contributed by atoms with Crippen LogP contribution in [0.5, 0.6) is 11.5 Å². The molecule has 4 amide bonds. The lowest BCUT2D eigenvalue weighted by molar-refractivity contribution is -0.138. The number of anilines is 1. The molecular formula is C30H22BrCl2IN2O6. The molecule has 1 saturated carbocycles. The van der Waals surface area contributed by atoms with Crippen LogP contribution in [0.25, 0.3) is 0 Å². The van der Waals surface area contributed by atoms with Crippen LogP contribution in [0.15, 0.2) is 65.9 Å². The van der Waals surface area contributed by atoms with Gasteiger partial charge in [0.05, 0.1) is 29.2 Å². The number of aromatic hydroxyl groups is 1. The molecule has 5 aliphatic rings. The molecule has 2 saturated heterocycles. The van der Waals surface area contributed by atoms with E-state index in [2.05, 4.69) is 38.5 Å². The number of hydrogen-bond acceptors (Lipinski definition) is 6. The van der Waals surface area contributed by atoms with Gasteiger partial charge in [-0.05, 0) is 89.4 Å². The summed E-state index contributed by atoms with van der Waals surface area (Å²) >= 11 is 20.0. The van der Waals surface area contributed by atoms with Gasteiger partial charge in [-0.1, -0.05) is 27.6 Å². The van der Waals surface area contributed by atoms with E-state index in [9.17, 15) is 24.3 Å². The van der Waals surface area contributed by atoms with E-state index in [1.54, 1.807) is 24.3 Å². The van der Waals surface area contributed by atoms with Gasteiger partial charge < -0.3 is 9.84 Å². The lowest BCUT2D eigenvalue weighted by atomic mass is 9.56. The summed E-state index contributed by atoms with van der Waals surface area (Å²) < 4.78 is 6.89. The second-order valence-electron chi connectivity index (χ2n) is 11.3. The third kappa shape index (κ3) is 3.70. The maximum atomic E-state index is 14.1. The highest BCUT2D eigenvalue weighted by Crippen LogP contribution is 2.64. The molecule has 12 heteroatoms. The average molecular weight is 784 g/mol. The molecule has 6 atom stereocenters. The van der Waals surface area contributed by atoms with Crippen molar-refractivity contribution in [3.63, 3.8) is 0 Å². The van der Waals surface area contributed by atoms with Crippen LogP contribution in [0, 0.1) is 27.2 Å². The Morgan fingerprint density at radius 1 is 1.02 bits per heavy atom. The molecule has 216 valence electrons. The zero-order chi connectivity index (χ0) is 29.7. The number of likely N-dealkylation sites (tertiary alicyclic amines) is 1. The summed E-state index contributed by atoms with van der Waals surface area (Å²) in [7, 11) is 0. The number of phenolic OH excluding ortho intramolecular Hbond substituents is 1. The number of benzene rings is 2. The van der Waals surface area contributed by atoms with E-state index in [-0.39, 0.29) is 42.3 Å². The molecule has 2 aliphatic carbocycles. The number of fused-ring (bicyclic) bond motifs is 5. The highest BCUT2D eigenvalue weighted by atomic mass is 127. The summed E-state index contributed by atoms with van der Waals surface area (Å²) in [6, 6.07) is 11.9. The number of rotatable bonds is 3. The number of carbonyl (C=O) groups excluding carboxylic acids is 4. The third-order valence-electron chi connectivity index (χ3n) is 9.25. The number of nitrogens with zero attached hydrogens (tertiary/aromatic N) is 2. The highest BCUT2D eigenvalue weighted by Gasteiger charge is 2.76. The average Bonchev–Trinajstić information content (AvgIpc) is 3.30. The summed E-state index contributed by atoms with van der Waals surface area (Å²) in [5, 5.41) is 10.1. The second kappa shape index (κ2) is 9.80. The fraction of sp³-hybridized carbons (Fsp3) is 0.333. The van der Waals surface area contributed by atoms with Crippen LogP contribution < -0.4 is 9.64 Å². The molecule has 3 heterocycles. The number of alkyl halides is 3. The Morgan fingerprint density at radius 2 is 1.76 bits per heavy atom. The molecular weight excluding hydrogens is 762 g/mol. The first kappa shape index (κ1) is 28.4. The monoisotopic (exact) mass is 782 g/mol. The summed E-state index contributed by atoms with van der Waals surface area (Å²) in [6.45, 7) is 0. The van der Waals surface area contributed by atoms with Crippen molar-refractivity contribution in [1.29, 1.82) is 0 Å². The molecule has 3 fully saturated rings. The number of allylic oxidation sites excluding steroid dienone is 3. The Labute approximate surface area is 272 Å². The van der Waals surface area contributed by atoms with Crippen molar-refractivity contribution in [1.82, 2.24) is 4.90 Å². The summed E-state index contributed by atoms with van der Waals surface area (Å²) in [6.07, 6.45) is 3.88. The van der Waals surface area contributed by atoms with Crippen molar-refractivity contribution >= 4 is 91.0 Å². The zero-order valence-corrected chi connectivity index (χ0v) is 27.0. The number of amides is 4. The Hall–Kier alpha value is -2.41. The Kier molecular flexibility index (Phi) is 6.62. The van der Waals surface area contributed by atoms with Gasteiger partial charge in [-0.15, -0.1) is 23.2 Å². The molecule has 1 N–H and O–H groups in total. The van der Waals surface area contributed by atoms with Crippen molar-refractivity contribution in [2.45, 2.75) is 29.0 Å². The number of imide groups is 2. The van der Waals surface area contributed by atoms with E-state index < -0.39 is 45.2 Å². The highest BCUT2D eigenvalue weighted by molar-refractivity contribution is 14.1. The number of carbonyl (C=O) groups is 4. The molecule has 7 rings (SSSR count). The van der Waals surface area contributed by atoms with Crippen LogP contribution in [0.3, 0.4) is 0 Å². The lowest BCUT2D eigenvalue weighted by Gasteiger charge is -2.51. The van der Waals surface area contributed by atoms with Gasteiger partial charge in [0.2, 0.25) is 11.8 Å². The first-order valence-electron chi connectivity index (χ1n) is 13.3. The van der Waals surface area contributed by atoms with E-state index in [0.717, 1.165) is 8.47 Å². The van der Waals surface area contributed by atoms with Crippen molar-refractivity contribution in [3.05, 3.63) is 75.1 Å². The topological polar surface area (TPSA) is 104 Å². The standard InChI is InChI=1S/C30H22BrCl2IN2O6/c31-13-35-27(40)29(32)11-21-19(6-7-20-23(21)26(39)36(25(20)38)17-3-1-16(34)2-4-17)24(30(29,33)28(35)41)15-9-14-10-18(37)5-8-22(14)42-12-15/h1-6,8,10,12,20-21,23-24,37H,7,9,11,13H2/t20-,21+,23-,24-,29+,30-/m0/s1.